The molecular weight excluding hydrogens is 345 g/mol. The van der Waals surface area contributed by atoms with E-state index in [0.29, 0.717) is 21.8 Å². The first-order valence-corrected chi connectivity index (χ1v) is 7.40. The van der Waals surface area contributed by atoms with Gasteiger partial charge in [-0.25, -0.2) is 4.39 Å². The first-order valence-electron chi connectivity index (χ1n) is 6.23. The average Bonchev–Trinajstić information content (AvgIpc) is 2.42. The highest BCUT2D eigenvalue weighted by Gasteiger charge is 2.12. The summed E-state index contributed by atoms with van der Waals surface area (Å²) in [5.74, 6) is 0.371. The van der Waals surface area contributed by atoms with Crippen LogP contribution >= 0.6 is 27.5 Å². The molecule has 2 nitrogen and oxygen atoms in total. The van der Waals surface area contributed by atoms with Crippen molar-refractivity contribution in [3.05, 3.63) is 57.3 Å². The number of hydrogen-bond acceptors (Lipinski definition) is 2. The van der Waals surface area contributed by atoms with Crippen LogP contribution in [0.15, 0.2) is 40.9 Å². The second-order valence-corrected chi connectivity index (χ2v) is 5.48. The van der Waals surface area contributed by atoms with Crippen molar-refractivity contribution in [3.63, 3.8) is 0 Å². The molecule has 2 rings (SSSR count). The Morgan fingerprint density at radius 1 is 1.30 bits per heavy atom. The van der Waals surface area contributed by atoms with Gasteiger partial charge in [0.15, 0.2) is 11.6 Å². The monoisotopic (exact) mass is 357 g/mol. The van der Waals surface area contributed by atoms with Gasteiger partial charge >= 0.3 is 0 Å². The molecule has 20 heavy (non-hydrogen) atoms. The predicted molar refractivity (Wildman–Crippen MR) is 83.0 cm³/mol. The highest BCUT2D eigenvalue weighted by molar-refractivity contribution is 9.10. The Balaban J connectivity index is 2.32. The molecule has 0 amide bonds. The van der Waals surface area contributed by atoms with Gasteiger partial charge in [-0.05, 0) is 46.7 Å². The molecule has 0 fully saturated rings. The van der Waals surface area contributed by atoms with E-state index in [1.807, 2.05) is 13.0 Å². The molecule has 0 aromatic heterocycles. The molecule has 5 heteroatoms. The lowest BCUT2D eigenvalue weighted by Gasteiger charge is -2.13. The lowest BCUT2D eigenvalue weighted by Crippen LogP contribution is -2.12. The van der Waals surface area contributed by atoms with E-state index in [9.17, 15) is 4.39 Å². The van der Waals surface area contributed by atoms with Crippen molar-refractivity contribution in [1.29, 1.82) is 0 Å². The van der Waals surface area contributed by atoms with E-state index >= 15 is 0 Å². The quantitative estimate of drug-likeness (QED) is 0.798. The van der Waals surface area contributed by atoms with E-state index in [0.717, 1.165) is 12.1 Å². The normalized spacial score (nSPS) is 10.6. The molecule has 2 aromatic carbocycles. The molecule has 0 atom stereocenters. The van der Waals surface area contributed by atoms with Crippen LogP contribution in [-0.4, -0.2) is 6.54 Å². The van der Waals surface area contributed by atoms with Gasteiger partial charge in [-0.2, -0.15) is 0 Å². The van der Waals surface area contributed by atoms with E-state index in [1.165, 1.54) is 6.07 Å². The predicted octanol–water partition coefficient (Wildman–Crippen LogP) is 5.14. The average molecular weight is 359 g/mol. The van der Waals surface area contributed by atoms with Crippen LogP contribution in [-0.2, 0) is 6.54 Å². The number of benzene rings is 2. The Labute approximate surface area is 131 Å². The maximum Gasteiger partial charge on any atom is 0.167 e. The van der Waals surface area contributed by atoms with E-state index in [2.05, 4.69) is 21.2 Å². The van der Waals surface area contributed by atoms with Crippen LogP contribution in [0.1, 0.15) is 12.5 Å². The van der Waals surface area contributed by atoms with Gasteiger partial charge in [0.2, 0.25) is 0 Å². The molecular formula is C15H14BrClFNO. The van der Waals surface area contributed by atoms with Crippen molar-refractivity contribution in [2.24, 2.45) is 0 Å². The van der Waals surface area contributed by atoms with Crippen molar-refractivity contribution in [1.82, 2.24) is 5.32 Å². The zero-order valence-corrected chi connectivity index (χ0v) is 13.3. The number of rotatable bonds is 5. The fraction of sp³-hybridized carbons (Fsp3) is 0.200. The molecule has 0 saturated heterocycles. The summed E-state index contributed by atoms with van der Waals surface area (Å²) >= 11 is 9.24. The van der Waals surface area contributed by atoms with E-state index < -0.39 is 0 Å². The molecule has 0 heterocycles. The number of para-hydroxylation sites is 1. The maximum absolute atomic E-state index is 14.0. The van der Waals surface area contributed by atoms with Gasteiger partial charge in [-0.15, -0.1) is 0 Å². The third-order valence-electron chi connectivity index (χ3n) is 2.72. The van der Waals surface area contributed by atoms with Crippen molar-refractivity contribution in [2.45, 2.75) is 13.5 Å². The van der Waals surface area contributed by atoms with Crippen LogP contribution < -0.4 is 10.1 Å². The van der Waals surface area contributed by atoms with E-state index in [1.54, 1.807) is 24.3 Å². The lowest BCUT2D eigenvalue weighted by molar-refractivity contribution is 0.432. The van der Waals surface area contributed by atoms with Gasteiger partial charge in [-0.3, -0.25) is 0 Å². The number of ether oxygens (including phenoxy) is 1. The molecule has 0 spiro atoms. The topological polar surface area (TPSA) is 21.3 Å². The molecule has 0 bridgehead atoms. The summed E-state index contributed by atoms with van der Waals surface area (Å²) in [5, 5.41) is 3.75. The van der Waals surface area contributed by atoms with Gasteiger partial charge in [0.05, 0.1) is 4.47 Å². The van der Waals surface area contributed by atoms with Crippen molar-refractivity contribution < 1.29 is 9.13 Å². The second-order valence-electron chi connectivity index (χ2n) is 4.19. The standard InChI is InChI=1S/C15H14BrClFNO/c1-2-19-9-10-4-3-5-13(18)15(10)20-14-7-6-11(17)8-12(14)16/h3-8,19H,2,9H2,1H3. The smallest absolute Gasteiger partial charge is 0.167 e. The minimum atomic E-state index is -0.387. The Morgan fingerprint density at radius 2 is 2.10 bits per heavy atom. The summed E-state index contributed by atoms with van der Waals surface area (Å²) in [5.41, 5.74) is 0.772. The Bertz CT molecular complexity index is 606. The molecule has 0 unspecified atom stereocenters. The fourth-order valence-electron chi connectivity index (χ4n) is 1.73. The molecule has 0 saturated carbocycles. The largest absolute Gasteiger partial charge is 0.453 e. The van der Waals surface area contributed by atoms with Gasteiger partial charge in [0, 0.05) is 17.1 Å². The highest BCUT2D eigenvalue weighted by Crippen LogP contribution is 2.34. The Hall–Kier alpha value is -1.10. The SMILES string of the molecule is CCNCc1cccc(F)c1Oc1ccc(Cl)cc1Br. The molecule has 0 aliphatic heterocycles. The van der Waals surface area contributed by atoms with Gasteiger partial charge < -0.3 is 10.1 Å². The number of hydrogen-bond donors (Lipinski definition) is 1. The van der Waals surface area contributed by atoms with Crippen molar-refractivity contribution in [3.8, 4) is 11.5 Å². The summed E-state index contributed by atoms with van der Waals surface area (Å²) in [6.45, 7) is 3.35. The fourth-order valence-corrected chi connectivity index (χ4v) is 2.50. The van der Waals surface area contributed by atoms with Crippen LogP contribution in [0.2, 0.25) is 5.02 Å². The highest BCUT2D eigenvalue weighted by atomic mass is 79.9. The number of nitrogens with one attached hydrogen (secondary N) is 1. The Morgan fingerprint density at radius 3 is 2.80 bits per heavy atom. The Kier molecular flexibility index (Phi) is 5.40. The number of halogens is 3. The molecule has 0 aliphatic carbocycles. The summed E-state index contributed by atoms with van der Waals surface area (Å²) in [4.78, 5) is 0. The molecule has 0 aliphatic rings. The first kappa shape index (κ1) is 15.3. The van der Waals surface area contributed by atoms with E-state index in [-0.39, 0.29) is 11.6 Å². The second kappa shape index (κ2) is 7.07. The zero-order valence-electron chi connectivity index (χ0n) is 10.9. The zero-order chi connectivity index (χ0) is 14.5. The van der Waals surface area contributed by atoms with Crippen LogP contribution in [0.3, 0.4) is 0 Å². The third kappa shape index (κ3) is 3.72. The lowest BCUT2D eigenvalue weighted by atomic mass is 10.2. The molecule has 1 N–H and O–H groups in total. The van der Waals surface area contributed by atoms with Crippen LogP contribution in [0.5, 0.6) is 11.5 Å². The molecule has 0 radical (unpaired) electrons. The summed E-state index contributed by atoms with van der Waals surface area (Å²) in [6, 6.07) is 10.0. The molecule has 106 valence electrons. The van der Waals surface area contributed by atoms with Crippen LogP contribution in [0.25, 0.3) is 0 Å². The third-order valence-corrected chi connectivity index (χ3v) is 3.57. The maximum atomic E-state index is 14.0. The summed E-state index contributed by atoms with van der Waals surface area (Å²) in [6.07, 6.45) is 0. The van der Waals surface area contributed by atoms with Crippen molar-refractivity contribution >= 4 is 27.5 Å². The first-order chi connectivity index (χ1) is 9.61. The minimum Gasteiger partial charge on any atom is -0.453 e. The van der Waals surface area contributed by atoms with Gasteiger partial charge in [-0.1, -0.05) is 30.7 Å². The minimum absolute atomic E-state index is 0.233. The van der Waals surface area contributed by atoms with Gasteiger partial charge in [0.25, 0.3) is 0 Å². The molecule has 2 aromatic rings. The van der Waals surface area contributed by atoms with E-state index in [4.69, 9.17) is 16.3 Å². The van der Waals surface area contributed by atoms with Gasteiger partial charge in [0.1, 0.15) is 5.75 Å². The van der Waals surface area contributed by atoms with Crippen LogP contribution in [0, 0.1) is 5.82 Å². The van der Waals surface area contributed by atoms with Crippen molar-refractivity contribution in [2.75, 3.05) is 6.54 Å². The summed E-state index contributed by atoms with van der Waals surface area (Å²) < 4.78 is 20.4. The summed E-state index contributed by atoms with van der Waals surface area (Å²) in [7, 11) is 0. The van der Waals surface area contributed by atoms with Crippen LogP contribution in [0.4, 0.5) is 4.39 Å².